The Morgan fingerprint density at radius 3 is 2.77 bits per heavy atom. The SMILES string of the molecule is CCS/C=C(\COC)C(=O)NC(Cc1ccc(OCCc2ccc3c(n2)NCCC3)cc1)C(=O)O. The Morgan fingerprint density at radius 2 is 2.06 bits per heavy atom. The monoisotopic (exact) mass is 499 g/mol. The molecule has 1 atom stereocenters. The molecule has 0 saturated heterocycles. The van der Waals surface area contributed by atoms with E-state index in [1.807, 2.05) is 37.3 Å². The number of thioether (sulfide) groups is 1. The van der Waals surface area contributed by atoms with Crippen molar-refractivity contribution < 1.29 is 24.2 Å². The number of ether oxygens (including phenoxy) is 2. The van der Waals surface area contributed by atoms with Gasteiger partial charge < -0.3 is 25.2 Å². The quantitative estimate of drug-likeness (QED) is 0.360. The van der Waals surface area contributed by atoms with Gasteiger partial charge in [-0.15, -0.1) is 11.8 Å². The number of methoxy groups -OCH3 is 1. The van der Waals surface area contributed by atoms with Crippen LogP contribution in [0.3, 0.4) is 0 Å². The maximum absolute atomic E-state index is 12.5. The van der Waals surface area contributed by atoms with E-state index < -0.39 is 17.9 Å². The minimum absolute atomic E-state index is 0.120. The molecule has 1 aliphatic rings. The summed E-state index contributed by atoms with van der Waals surface area (Å²) >= 11 is 1.47. The van der Waals surface area contributed by atoms with E-state index >= 15 is 0 Å². The Labute approximate surface area is 210 Å². The number of nitrogens with zero attached hydrogens (tertiary/aromatic N) is 1. The molecular formula is C26H33N3O5S. The summed E-state index contributed by atoms with van der Waals surface area (Å²) in [5.41, 5.74) is 3.43. The van der Waals surface area contributed by atoms with Crippen molar-refractivity contribution in [3.8, 4) is 5.75 Å². The van der Waals surface area contributed by atoms with Gasteiger partial charge in [0.1, 0.15) is 17.6 Å². The lowest BCUT2D eigenvalue weighted by atomic mass is 10.1. The summed E-state index contributed by atoms with van der Waals surface area (Å²) in [5, 5.41) is 17.3. The molecule has 3 N–H and O–H groups in total. The van der Waals surface area contributed by atoms with Crippen molar-refractivity contribution >= 4 is 29.5 Å². The zero-order valence-corrected chi connectivity index (χ0v) is 21.0. The number of pyridine rings is 1. The van der Waals surface area contributed by atoms with E-state index in [0.29, 0.717) is 24.4 Å². The molecule has 0 saturated carbocycles. The fourth-order valence-corrected chi connectivity index (χ4v) is 4.23. The molecule has 1 unspecified atom stereocenters. The van der Waals surface area contributed by atoms with Crippen LogP contribution in [-0.4, -0.2) is 60.6 Å². The van der Waals surface area contributed by atoms with Crippen LogP contribution >= 0.6 is 11.8 Å². The van der Waals surface area contributed by atoms with Crippen LogP contribution in [0.1, 0.15) is 30.2 Å². The molecule has 1 aliphatic heterocycles. The van der Waals surface area contributed by atoms with Gasteiger partial charge in [-0.05, 0) is 53.3 Å². The highest BCUT2D eigenvalue weighted by Gasteiger charge is 2.22. The molecule has 3 rings (SSSR count). The molecule has 0 fully saturated rings. The van der Waals surface area contributed by atoms with Crippen molar-refractivity contribution in [2.24, 2.45) is 0 Å². The summed E-state index contributed by atoms with van der Waals surface area (Å²) in [6.45, 7) is 3.54. The van der Waals surface area contributed by atoms with Crippen LogP contribution in [0.5, 0.6) is 5.75 Å². The molecule has 35 heavy (non-hydrogen) atoms. The standard InChI is InChI=1S/C26H33N3O5S/c1-3-35-17-20(16-33-2)25(30)29-23(26(31)32)15-18-6-10-22(11-7-18)34-14-12-21-9-8-19-5-4-13-27-24(19)28-21/h6-11,17,23H,3-5,12-16H2,1-2H3,(H,27,28)(H,29,30)(H,31,32)/b20-17+. The predicted octanol–water partition coefficient (Wildman–Crippen LogP) is 3.46. The molecule has 2 aromatic rings. The number of benzene rings is 1. The van der Waals surface area contributed by atoms with E-state index in [4.69, 9.17) is 9.47 Å². The molecule has 8 nitrogen and oxygen atoms in total. The first kappa shape index (κ1) is 26.6. The second kappa shape index (κ2) is 13.7. The molecule has 0 radical (unpaired) electrons. The van der Waals surface area contributed by atoms with E-state index in [-0.39, 0.29) is 13.0 Å². The lowest BCUT2D eigenvalue weighted by Gasteiger charge is -2.17. The Morgan fingerprint density at radius 1 is 1.26 bits per heavy atom. The van der Waals surface area contributed by atoms with Crippen molar-refractivity contribution in [3.05, 3.63) is 64.2 Å². The van der Waals surface area contributed by atoms with Crippen molar-refractivity contribution in [1.29, 1.82) is 0 Å². The van der Waals surface area contributed by atoms with Gasteiger partial charge in [-0.2, -0.15) is 0 Å². The third-order valence-electron chi connectivity index (χ3n) is 5.53. The molecule has 2 heterocycles. The van der Waals surface area contributed by atoms with Crippen LogP contribution < -0.4 is 15.4 Å². The van der Waals surface area contributed by atoms with Gasteiger partial charge in [-0.1, -0.05) is 25.1 Å². The average molecular weight is 500 g/mol. The molecule has 0 aliphatic carbocycles. The van der Waals surface area contributed by atoms with Gasteiger partial charge in [0, 0.05) is 37.8 Å². The molecule has 1 aromatic carbocycles. The minimum Gasteiger partial charge on any atom is -0.493 e. The maximum Gasteiger partial charge on any atom is 0.326 e. The van der Waals surface area contributed by atoms with Gasteiger partial charge in [0.2, 0.25) is 0 Å². The smallest absolute Gasteiger partial charge is 0.326 e. The summed E-state index contributed by atoms with van der Waals surface area (Å²) < 4.78 is 10.9. The highest BCUT2D eigenvalue weighted by Crippen LogP contribution is 2.20. The molecular weight excluding hydrogens is 466 g/mol. The summed E-state index contributed by atoms with van der Waals surface area (Å²) in [6.07, 6.45) is 3.05. The van der Waals surface area contributed by atoms with Crippen LogP contribution in [0.25, 0.3) is 0 Å². The third kappa shape index (κ3) is 8.29. The number of carboxylic acid groups (broad SMARTS) is 1. The minimum atomic E-state index is -1.09. The highest BCUT2D eigenvalue weighted by atomic mass is 32.2. The average Bonchev–Trinajstić information content (AvgIpc) is 2.87. The number of amides is 1. The molecule has 188 valence electrons. The Kier molecular flexibility index (Phi) is 10.4. The number of fused-ring (bicyclic) bond motifs is 1. The number of aromatic nitrogens is 1. The number of carbonyl (C=O) groups excluding carboxylic acids is 1. The Bertz CT molecular complexity index is 1030. The molecule has 0 bridgehead atoms. The molecule has 0 spiro atoms. The van der Waals surface area contributed by atoms with Crippen molar-refractivity contribution in [2.45, 2.75) is 38.6 Å². The lowest BCUT2D eigenvalue weighted by Crippen LogP contribution is -2.43. The third-order valence-corrected chi connectivity index (χ3v) is 6.31. The molecule has 1 aromatic heterocycles. The van der Waals surface area contributed by atoms with Crippen molar-refractivity contribution in [2.75, 3.05) is 37.9 Å². The van der Waals surface area contributed by atoms with Crippen LogP contribution in [0.15, 0.2) is 47.4 Å². The van der Waals surface area contributed by atoms with Crippen LogP contribution in [0.2, 0.25) is 0 Å². The number of carboxylic acids is 1. The van der Waals surface area contributed by atoms with Gasteiger partial charge in [-0.25, -0.2) is 9.78 Å². The summed E-state index contributed by atoms with van der Waals surface area (Å²) in [4.78, 5) is 29.0. The normalized spacial score (nSPS) is 13.9. The highest BCUT2D eigenvalue weighted by molar-refractivity contribution is 8.02. The second-order valence-corrected chi connectivity index (χ2v) is 9.33. The Balaban J connectivity index is 1.52. The number of aryl methyl sites for hydroxylation is 1. The number of hydrogen-bond acceptors (Lipinski definition) is 7. The van der Waals surface area contributed by atoms with E-state index in [1.165, 1.54) is 24.4 Å². The summed E-state index contributed by atoms with van der Waals surface area (Å²) in [6, 6.07) is 10.4. The van der Waals surface area contributed by atoms with Gasteiger partial charge in [0.15, 0.2) is 0 Å². The number of nitrogens with one attached hydrogen (secondary N) is 2. The van der Waals surface area contributed by atoms with Gasteiger partial charge in [0.25, 0.3) is 5.91 Å². The molecule has 9 heteroatoms. The fraction of sp³-hybridized carbons (Fsp3) is 0.423. The van der Waals surface area contributed by atoms with E-state index in [1.54, 1.807) is 5.41 Å². The van der Waals surface area contributed by atoms with E-state index in [2.05, 4.69) is 21.7 Å². The van der Waals surface area contributed by atoms with E-state index in [9.17, 15) is 14.7 Å². The summed E-state index contributed by atoms with van der Waals surface area (Å²) in [5.74, 6) is 0.949. The zero-order chi connectivity index (χ0) is 25.0. The fourth-order valence-electron chi connectivity index (χ4n) is 3.68. The zero-order valence-electron chi connectivity index (χ0n) is 20.2. The van der Waals surface area contributed by atoms with Gasteiger partial charge >= 0.3 is 5.97 Å². The first-order chi connectivity index (χ1) is 17.0. The maximum atomic E-state index is 12.5. The topological polar surface area (TPSA) is 110 Å². The van der Waals surface area contributed by atoms with E-state index in [0.717, 1.165) is 42.2 Å². The number of rotatable bonds is 13. The lowest BCUT2D eigenvalue weighted by molar-refractivity contribution is -0.141. The van der Waals surface area contributed by atoms with Crippen LogP contribution in [0.4, 0.5) is 5.82 Å². The van der Waals surface area contributed by atoms with Crippen LogP contribution in [-0.2, 0) is 33.6 Å². The van der Waals surface area contributed by atoms with Crippen molar-refractivity contribution in [3.63, 3.8) is 0 Å². The predicted molar refractivity (Wildman–Crippen MR) is 138 cm³/mol. The van der Waals surface area contributed by atoms with Gasteiger partial charge in [-0.3, -0.25) is 4.79 Å². The number of carbonyl (C=O) groups is 2. The van der Waals surface area contributed by atoms with Gasteiger partial charge in [0.05, 0.1) is 13.2 Å². The summed E-state index contributed by atoms with van der Waals surface area (Å²) in [7, 11) is 1.50. The number of hydrogen-bond donors (Lipinski definition) is 3. The second-order valence-electron chi connectivity index (χ2n) is 8.18. The number of aliphatic carboxylic acids is 1. The first-order valence-corrected chi connectivity index (χ1v) is 12.8. The Hall–Kier alpha value is -3.04. The first-order valence-electron chi connectivity index (χ1n) is 11.8. The molecule has 1 amide bonds. The number of anilines is 1. The van der Waals surface area contributed by atoms with Crippen molar-refractivity contribution in [1.82, 2.24) is 10.3 Å². The van der Waals surface area contributed by atoms with Crippen LogP contribution in [0, 0.1) is 0 Å². The largest absolute Gasteiger partial charge is 0.493 e.